The van der Waals surface area contributed by atoms with E-state index in [0.717, 1.165) is 35.3 Å². The summed E-state index contributed by atoms with van der Waals surface area (Å²) in [7, 11) is 0. The van der Waals surface area contributed by atoms with Crippen LogP contribution in [0, 0.1) is 0 Å². The summed E-state index contributed by atoms with van der Waals surface area (Å²) in [6.07, 6.45) is 3.32. The Hall–Kier alpha value is -3.48. The number of hydrogen-bond acceptors (Lipinski definition) is 4. The van der Waals surface area contributed by atoms with E-state index in [4.69, 9.17) is 0 Å². The number of amides is 4. The van der Waals surface area contributed by atoms with E-state index in [2.05, 4.69) is 10.6 Å². The lowest BCUT2D eigenvalue weighted by molar-refractivity contribution is -0.130. The molecule has 0 saturated carbocycles. The number of benzene rings is 2. The average Bonchev–Trinajstić information content (AvgIpc) is 3.39. The Balaban J connectivity index is 1.38. The highest BCUT2D eigenvalue weighted by molar-refractivity contribution is 6.11. The number of carbonyl (C=O) groups is 4. The molecule has 1 atom stereocenters. The fraction of sp³-hybridized carbons (Fsp3) is 0.304. The van der Waals surface area contributed by atoms with Crippen molar-refractivity contribution in [1.82, 2.24) is 10.2 Å². The third kappa shape index (κ3) is 2.81. The number of carbonyl (C=O) groups excluding carboxylic acids is 4. The zero-order chi connectivity index (χ0) is 21.0. The monoisotopic (exact) mass is 403 g/mol. The molecule has 0 aromatic heterocycles. The van der Waals surface area contributed by atoms with Crippen LogP contribution in [-0.4, -0.2) is 35.1 Å². The van der Waals surface area contributed by atoms with Gasteiger partial charge in [0.05, 0.1) is 13.0 Å². The topological polar surface area (TPSA) is 95.6 Å². The summed E-state index contributed by atoms with van der Waals surface area (Å²) in [4.78, 5) is 51.1. The van der Waals surface area contributed by atoms with Crippen molar-refractivity contribution < 1.29 is 19.2 Å². The predicted octanol–water partition coefficient (Wildman–Crippen LogP) is 2.32. The maximum atomic E-state index is 13.2. The Morgan fingerprint density at radius 1 is 1.03 bits per heavy atom. The van der Waals surface area contributed by atoms with E-state index in [1.54, 1.807) is 25.1 Å². The zero-order valence-corrected chi connectivity index (χ0v) is 16.6. The van der Waals surface area contributed by atoms with E-state index >= 15 is 0 Å². The Morgan fingerprint density at radius 3 is 2.67 bits per heavy atom. The Kier molecular flexibility index (Phi) is 4.03. The van der Waals surface area contributed by atoms with Gasteiger partial charge in [-0.2, -0.15) is 0 Å². The van der Waals surface area contributed by atoms with E-state index in [9.17, 15) is 19.2 Å². The van der Waals surface area contributed by atoms with E-state index in [-0.39, 0.29) is 24.7 Å². The number of anilines is 1. The molecule has 7 nitrogen and oxygen atoms in total. The number of aryl methyl sites for hydroxylation is 2. The molecule has 0 bridgehead atoms. The van der Waals surface area contributed by atoms with Crippen LogP contribution in [0.3, 0.4) is 0 Å². The first kappa shape index (κ1) is 18.5. The largest absolute Gasteiger partial charge is 0.326 e. The van der Waals surface area contributed by atoms with E-state index in [1.807, 2.05) is 18.2 Å². The van der Waals surface area contributed by atoms with Gasteiger partial charge in [-0.15, -0.1) is 0 Å². The van der Waals surface area contributed by atoms with Gasteiger partial charge in [-0.1, -0.05) is 18.2 Å². The number of nitrogens with zero attached hydrogens (tertiary/aromatic N) is 1. The molecule has 0 unspecified atom stereocenters. The third-order valence-electron chi connectivity index (χ3n) is 6.30. The summed E-state index contributed by atoms with van der Waals surface area (Å²) in [6, 6.07) is 10.3. The minimum Gasteiger partial charge on any atom is -0.326 e. The van der Waals surface area contributed by atoms with Gasteiger partial charge in [-0.05, 0) is 66.6 Å². The van der Waals surface area contributed by atoms with Crippen molar-refractivity contribution in [3.63, 3.8) is 0 Å². The van der Waals surface area contributed by atoms with Gasteiger partial charge in [0.1, 0.15) is 5.54 Å². The molecule has 4 amide bonds. The minimum atomic E-state index is -1.19. The highest BCUT2D eigenvalue weighted by Gasteiger charge is 2.49. The maximum Gasteiger partial charge on any atom is 0.325 e. The minimum absolute atomic E-state index is 0.117. The quantitative estimate of drug-likeness (QED) is 0.605. The summed E-state index contributed by atoms with van der Waals surface area (Å²) < 4.78 is 0. The van der Waals surface area contributed by atoms with E-state index in [1.165, 1.54) is 11.1 Å². The number of fused-ring (bicyclic) bond motifs is 2. The summed E-state index contributed by atoms with van der Waals surface area (Å²) >= 11 is 0. The van der Waals surface area contributed by atoms with Crippen LogP contribution >= 0.6 is 0 Å². The molecule has 2 aliphatic heterocycles. The molecule has 2 N–H and O–H groups in total. The van der Waals surface area contributed by atoms with Gasteiger partial charge in [0.25, 0.3) is 5.91 Å². The molecule has 1 saturated heterocycles. The first-order valence-corrected chi connectivity index (χ1v) is 10.1. The fourth-order valence-corrected chi connectivity index (χ4v) is 4.56. The number of nitrogens with one attached hydrogen (secondary N) is 2. The van der Waals surface area contributed by atoms with Crippen molar-refractivity contribution in [3.8, 4) is 0 Å². The Labute approximate surface area is 173 Å². The van der Waals surface area contributed by atoms with Crippen molar-refractivity contribution in [2.75, 3.05) is 11.9 Å². The van der Waals surface area contributed by atoms with Crippen LogP contribution in [0.2, 0.25) is 0 Å². The molecule has 1 fully saturated rings. The molecule has 0 radical (unpaired) electrons. The Bertz CT molecular complexity index is 1140. The highest BCUT2D eigenvalue weighted by atomic mass is 16.2. The molecular weight excluding hydrogens is 382 g/mol. The van der Waals surface area contributed by atoms with Crippen LogP contribution in [0.5, 0.6) is 0 Å². The molecular formula is C23H21N3O4. The van der Waals surface area contributed by atoms with Gasteiger partial charge < -0.3 is 10.6 Å². The van der Waals surface area contributed by atoms with Crippen molar-refractivity contribution in [2.24, 2.45) is 0 Å². The van der Waals surface area contributed by atoms with Crippen molar-refractivity contribution in [2.45, 2.75) is 38.1 Å². The van der Waals surface area contributed by atoms with Crippen LogP contribution in [0.1, 0.15) is 46.0 Å². The lowest BCUT2D eigenvalue weighted by atomic mass is 9.89. The molecule has 2 aromatic rings. The molecule has 5 rings (SSSR count). The summed E-state index contributed by atoms with van der Waals surface area (Å²) in [6.45, 7) is 1.34. The van der Waals surface area contributed by atoms with E-state index < -0.39 is 17.5 Å². The number of imide groups is 1. The van der Waals surface area contributed by atoms with Gasteiger partial charge in [0.15, 0.2) is 5.78 Å². The summed E-state index contributed by atoms with van der Waals surface area (Å²) in [5.41, 5.74) is 3.85. The van der Waals surface area contributed by atoms with Gasteiger partial charge >= 0.3 is 6.03 Å². The lowest BCUT2D eigenvalue weighted by Gasteiger charge is -2.23. The number of hydrogen-bond donors (Lipinski definition) is 2. The molecule has 7 heteroatoms. The van der Waals surface area contributed by atoms with Crippen LogP contribution in [0.4, 0.5) is 10.5 Å². The summed E-state index contributed by atoms with van der Waals surface area (Å²) in [5.74, 6) is -0.899. The maximum absolute atomic E-state index is 13.2. The predicted molar refractivity (Wildman–Crippen MR) is 109 cm³/mol. The van der Waals surface area contributed by atoms with E-state index in [0.29, 0.717) is 11.3 Å². The SMILES string of the molecule is C[C@@]1(c2ccc3c(c2)CCC3)NC(=O)N(CC(=O)c2ccc3c(c2)CC(=O)N3)C1=O. The first-order valence-electron chi connectivity index (χ1n) is 10.1. The number of rotatable bonds is 4. The first-order chi connectivity index (χ1) is 14.3. The number of urea groups is 1. The van der Waals surface area contributed by atoms with Gasteiger partial charge in [0.2, 0.25) is 5.91 Å². The zero-order valence-electron chi connectivity index (χ0n) is 16.6. The average molecular weight is 403 g/mol. The van der Waals surface area contributed by atoms with Crippen LogP contribution in [-0.2, 0) is 34.4 Å². The highest BCUT2D eigenvalue weighted by Crippen LogP contribution is 2.33. The molecule has 3 aliphatic rings. The molecule has 1 aliphatic carbocycles. The number of Topliss-reactive ketones (excluding diaryl/α,β-unsaturated/α-hetero) is 1. The fourth-order valence-electron chi connectivity index (χ4n) is 4.56. The standard InChI is InChI=1S/C23H21N3O4/c1-23(17-7-5-13-3-2-4-14(13)10-17)21(29)26(22(30)25-23)12-19(27)15-6-8-18-16(9-15)11-20(28)24-18/h5-10H,2-4,11-12H2,1H3,(H,24,28)(H,25,30)/t23-/m0/s1. The molecule has 0 spiro atoms. The second-order valence-corrected chi connectivity index (χ2v) is 8.30. The summed E-state index contributed by atoms with van der Waals surface area (Å²) in [5, 5.41) is 5.49. The van der Waals surface area contributed by atoms with Crippen LogP contribution < -0.4 is 10.6 Å². The number of ketones is 1. The van der Waals surface area contributed by atoms with Crippen molar-refractivity contribution in [1.29, 1.82) is 0 Å². The van der Waals surface area contributed by atoms with Gasteiger partial charge in [0, 0.05) is 11.3 Å². The molecule has 2 aromatic carbocycles. The second kappa shape index (κ2) is 6.52. The second-order valence-electron chi connectivity index (χ2n) is 8.30. The smallest absolute Gasteiger partial charge is 0.325 e. The molecule has 152 valence electrons. The van der Waals surface area contributed by atoms with Crippen LogP contribution in [0.15, 0.2) is 36.4 Å². The normalized spacial score (nSPS) is 22.0. The van der Waals surface area contributed by atoms with Gasteiger partial charge in [-0.3, -0.25) is 19.3 Å². The molecule has 2 heterocycles. The third-order valence-corrected chi connectivity index (χ3v) is 6.30. The van der Waals surface area contributed by atoms with Gasteiger partial charge in [-0.25, -0.2) is 4.79 Å². The van der Waals surface area contributed by atoms with Crippen LogP contribution in [0.25, 0.3) is 0 Å². The lowest BCUT2D eigenvalue weighted by Crippen LogP contribution is -2.41. The van der Waals surface area contributed by atoms with Crippen molar-refractivity contribution >= 4 is 29.3 Å². The molecule has 30 heavy (non-hydrogen) atoms. The Morgan fingerprint density at radius 2 is 1.83 bits per heavy atom. The van der Waals surface area contributed by atoms with Crippen molar-refractivity contribution in [3.05, 3.63) is 64.2 Å².